The molecule has 2 aromatic carbocycles. The monoisotopic (exact) mass is 375 g/mol. The molecule has 0 amide bonds. The van der Waals surface area contributed by atoms with Crippen molar-refractivity contribution in [3.63, 3.8) is 0 Å². The molecule has 0 unspecified atom stereocenters. The predicted molar refractivity (Wildman–Crippen MR) is 98.1 cm³/mol. The van der Waals surface area contributed by atoms with Crippen molar-refractivity contribution >= 4 is 35.6 Å². The lowest BCUT2D eigenvalue weighted by Gasteiger charge is -2.08. The number of aliphatic hydroxyl groups is 1. The Balaban J connectivity index is 0.00000264. The molecule has 0 bridgehead atoms. The number of benzene rings is 2. The smallest absolute Gasteiger partial charge is 0.119 e. The fraction of sp³-hybridized carbons (Fsp3) is 0.294. The average molecular weight is 377 g/mol. The van der Waals surface area contributed by atoms with Gasteiger partial charge in [-0.1, -0.05) is 41.4 Å². The first-order chi connectivity index (χ1) is 10.7. The number of aliphatic hydroxyl groups excluding tert-OH is 1. The van der Waals surface area contributed by atoms with Crippen molar-refractivity contribution in [2.75, 3.05) is 19.8 Å². The normalized spacial score (nSPS) is 10.2. The molecule has 0 radical (unpaired) electrons. The number of ether oxygens (including phenoxy) is 1. The first kappa shape index (κ1) is 20.1. The average Bonchev–Trinajstić information content (AvgIpc) is 2.52. The molecular weight excluding hydrogens is 357 g/mol. The van der Waals surface area contributed by atoms with Crippen LogP contribution in [0.3, 0.4) is 0 Å². The van der Waals surface area contributed by atoms with Gasteiger partial charge in [0, 0.05) is 16.6 Å². The van der Waals surface area contributed by atoms with Gasteiger partial charge >= 0.3 is 0 Å². The molecule has 0 aromatic heterocycles. The largest absolute Gasteiger partial charge is 0.491 e. The second-order valence-corrected chi connectivity index (χ2v) is 5.72. The third-order valence-electron chi connectivity index (χ3n) is 3.20. The number of halogens is 3. The molecule has 0 aliphatic carbocycles. The maximum atomic E-state index is 8.70. The molecule has 0 aliphatic rings. The fourth-order valence-electron chi connectivity index (χ4n) is 2.05. The van der Waals surface area contributed by atoms with Gasteiger partial charge in [-0.15, -0.1) is 12.4 Å². The summed E-state index contributed by atoms with van der Waals surface area (Å²) in [7, 11) is 0. The van der Waals surface area contributed by atoms with E-state index < -0.39 is 0 Å². The summed E-state index contributed by atoms with van der Waals surface area (Å²) in [6.45, 7) is 1.96. The zero-order chi connectivity index (χ0) is 15.8. The van der Waals surface area contributed by atoms with Gasteiger partial charge in [0.25, 0.3) is 0 Å². The zero-order valence-electron chi connectivity index (χ0n) is 12.6. The van der Waals surface area contributed by atoms with E-state index in [9.17, 15) is 0 Å². The number of hydrogen-bond acceptors (Lipinski definition) is 3. The Labute approximate surface area is 153 Å². The molecule has 2 rings (SSSR count). The lowest BCUT2D eigenvalue weighted by molar-refractivity contribution is 0.201. The van der Waals surface area contributed by atoms with E-state index in [-0.39, 0.29) is 19.0 Å². The highest BCUT2D eigenvalue weighted by Gasteiger charge is 2.01. The number of hydrogen-bond donors (Lipinski definition) is 2. The lowest BCUT2D eigenvalue weighted by atomic mass is 10.1. The molecule has 0 heterocycles. The molecule has 0 spiro atoms. The van der Waals surface area contributed by atoms with Crippen LogP contribution in [0.15, 0.2) is 42.5 Å². The van der Waals surface area contributed by atoms with Crippen molar-refractivity contribution in [2.24, 2.45) is 0 Å². The Hall–Kier alpha value is -0.970. The quantitative estimate of drug-likeness (QED) is 0.681. The summed E-state index contributed by atoms with van der Waals surface area (Å²) in [4.78, 5) is 0. The second-order valence-electron chi connectivity index (χ2n) is 4.88. The Morgan fingerprint density at radius 2 is 1.78 bits per heavy atom. The third-order valence-corrected chi connectivity index (χ3v) is 3.79. The summed E-state index contributed by atoms with van der Waals surface area (Å²) in [5, 5.41) is 13.5. The molecule has 0 fully saturated rings. The van der Waals surface area contributed by atoms with Crippen molar-refractivity contribution in [1.82, 2.24) is 5.32 Å². The molecule has 2 N–H and O–H groups in total. The van der Waals surface area contributed by atoms with Gasteiger partial charge in [0.2, 0.25) is 0 Å². The van der Waals surface area contributed by atoms with E-state index in [4.69, 9.17) is 33.0 Å². The van der Waals surface area contributed by atoms with Gasteiger partial charge < -0.3 is 15.2 Å². The van der Waals surface area contributed by atoms with Crippen LogP contribution >= 0.6 is 35.6 Å². The summed E-state index contributed by atoms with van der Waals surface area (Å²) >= 11 is 12.0. The Kier molecular flexibility index (Phi) is 9.37. The van der Waals surface area contributed by atoms with Crippen LogP contribution in [0.5, 0.6) is 5.75 Å². The maximum absolute atomic E-state index is 8.70. The van der Waals surface area contributed by atoms with Crippen LogP contribution in [-0.4, -0.2) is 24.9 Å². The predicted octanol–water partition coefficient (Wildman–Crippen LogP) is 4.12. The van der Waals surface area contributed by atoms with Crippen LogP contribution in [0.2, 0.25) is 10.0 Å². The molecule has 0 aliphatic heterocycles. The zero-order valence-corrected chi connectivity index (χ0v) is 14.9. The van der Waals surface area contributed by atoms with Crippen molar-refractivity contribution < 1.29 is 9.84 Å². The summed E-state index contributed by atoms with van der Waals surface area (Å²) < 4.78 is 5.32. The summed E-state index contributed by atoms with van der Waals surface area (Å²) in [5.74, 6) is 0.769. The Bertz CT molecular complexity index is 591. The first-order valence-electron chi connectivity index (χ1n) is 7.16. The second kappa shape index (κ2) is 10.7. The molecule has 126 valence electrons. The minimum absolute atomic E-state index is 0. The van der Waals surface area contributed by atoms with Crippen LogP contribution < -0.4 is 10.1 Å². The number of nitrogens with one attached hydrogen (secondary N) is 1. The van der Waals surface area contributed by atoms with Gasteiger partial charge in [0.05, 0.1) is 6.61 Å². The van der Waals surface area contributed by atoms with E-state index in [2.05, 4.69) is 5.32 Å². The van der Waals surface area contributed by atoms with E-state index in [0.717, 1.165) is 30.8 Å². The Morgan fingerprint density at radius 3 is 2.43 bits per heavy atom. The van der Waals surface area contributed by atoms with Crippen LogP contribution in [0.4, 0.5) is 0 Å². The first-order valence-corrected chi connectivity index (χ1v) is 7.92. The molecular formula is C17H20Cl3NO2. The van der Waals surface area contributed by atoms with E-state index in [1.807, 2.05) is 36.4 Å². The molecule has 0 saturated heterocycles. The number of rotatable bonds is 8. The third kappa shape index (κ3) is 6.98. The van der Waals surface area contributed by atoms with E-state index in [1.54, 1.807) is 6.07 Å². The highest BCUT2D eigenvalue weighted by atomic mass is 35.5. The molecule has 23 heavy (non-hydrogen) atoms. The van der Waals surface area contributed by atoms with E-state index in [0.29, 0.717) is 16.7 Å². The van der Waals surface area contributed by atoms with Crippen molar-refractivity contribution in [3.8, 4) is 5.75 Å². The lowest BCUT2D eigenvalue weighted by Crippen LogP contribution is -2.16. The fourth-order valence-corrected chi connectivity index (χ4v) is 2.55. The van der Waals surface area contributed by atoms with Crippen LogP contribution in [0, 0.1) is 0 Å². The molecule has 0 atom stereocenters. The maximum Gasteiger partial charge on any atom is 0.119 e. The summed E-state index contributed by atoms with van der Waals surface area (Å²) in [6.07, 6.45) is 0.855. The topological polar surface area (TPSA) is 41.5 Å². The minimum Gasteiger partial charge on any atom is -0.491 e. The van der Waals surface area contributed by atoms with Crippen LogP contribution in [0.1, 0.15) is 11.1 Å². The van der Waals surface area contributed by atoms with Crippen LogP contribution in [0.25, 0.3) is 0 Å². The Morgan fingerprint density at radius 1 is 1.04 bits per heavy atom. The van der Waals surface area contributed by atoms with Gasteiger partial charge in [-0.05, 0) is 48.4 Å². The van der Waals surface area contributed by atoms with Crippen molar-refractivity contribution in [2.45, 2.75) is 13.0 Å². The highest BCUT2D eigenvalue weighted by molar-refractivity contribution is 6.35. The van der Waals surface area contributed by atoms with Gasteiger partial charge in [-0.25, -0.2) is 0 Å². The van der Waals surface area contributed by atoms with Crippen molar-refractivity contribution in [1.29, 1.82) is 0 Å². The van der Waals surface area contributed by atoms with E-state index >= 15 is 0 Å². The minimum atomic E-state index is 0. The molecule has 0 saturated carbocycles. The SMILES string of the molecule is Cl.OCCOc1ccc(CNCCc2ccc(Cl)cc2Cl)cc1. The van der Waals surface area contributed by atoms with E-state index in [1.165, 1.54) is 5.56 Å². The summed E-state index contributed by atoms with van der Waals surface area (Å²) in [6, 6.07) is 13.4. The molecule has 3 nitrogen and oxygen atoms in total. The summed E-state index contributed by atoms with van der Waals surface area (Å²) in [5.41, 5.74) is 2.27. The van der Waals surface area contributed by atoms with Crippen molar-refractivity contribution in [3.05, 3.63) is 63.6 Å². The standard InChI is InChI=1S/C17H19Cl2NO2.ClH/c18-15-4-3-14(17(19)11-15)7-8-20-12-13-1-5-16(6-2-13)22-10-9-21;/h1-6,11,20-21H,7-10,12H2;1H. The highest BCUT2D eigenvalue weighted by Crippen LogP contribution is 2.21. The molecule has 6 heteroatoms. The van der Waals surface area contributed by atoms with Gasteiger partial charge in [0.1, 0.15) is 12.4 Å². The van der Waals surface area contributed by atoms with Crippen LogP contribution in [-0.2, 0) is 13.0 Å². The van der Waals surface area contributed by atoms with Gasteiger partial charge in [-0.3, -0.25) is 0 Å². The van der Waals surface area contributed by atoms with Gasteiger partial charge in [0.15, 0.2) is 0 Å². The van der Waals surface area contributed by atoms with Gasteiger partial charge in [-0.2, -0.15) is 0 Å². The molecule has 2 aromatic rings.